The van der Waals surface area contributed by atoms with Crippen LogP contribution in [0.4, 0.5) is 0 Å². The Kier molecular flexibility index (Phi) is 7.42. The van der Waals surface area contributed by atoms with Crippen LogP contribution in [-0.2, 0) is 0 Å². The molecule has 8 aromatic carbocycles. The van der Waals surface area contributed by atoms with E-state index >= 15 is 0 Å². The summed E-state index contributed by atoms with van der Waals surface area (Å²) in [7, 11) is 0. The van der Waals surface area contributed by atoms with Crippen molar-refractivity contribution in [1.29, 1.82) is 0 Å². The van der Waals surface area contributed by atoms with Gasteiger partial charge in [-0.2, -0.15) is 0 Å². The largest absolute Gasteiger partial charge is 0.455 e. The third-order valence-electron chi connectivity index (χ3n) is 10.7. The number of hydrogen-bond acceptors (Lipinski definition) is 4. The van der Waals surface area contributed by atoms with Gasteiger partial charge in [-0.3, -0.25) is 0 Å². The third-order valence-corrected chi connectivity index (χ3v) is 10.7. The molecule has 56 heavy (non-hydrogen) atoms. The average Bonchev–Trinajstić information content (AvgIpc) is 3.82. The molecule has 0 bridgehead atoms. The molecule has 0 saturated heterocycles. The number of hydrogen-bond donors (Lipinski definition) is 0. The van der Waals surface area contributed by atoms with Crippen LogP contribution in [0.2, 0.25) is 0 Å². The van der Waals surface area contributed by atoms with Gasteiger partial charge in [0.05, 0.1) is 16.7 Å². The van der Waals surface area contributed by atoms with Crippen LogP contribution in [0.25, 0.3) is 106 Å². The van der Waals surface area contributed by atoms with Crippen molar-refractivity contribution in [1.82, 2.24) is 19.5 Å². The van der Waals surface area contributed by atoms with Crippen molar-refractivity contribution >= 4 is 43.7 Å². The zero-order valence-electron chi connectivity index (χ0n) is 30.2. The Balaban J connectivity index is 1.14. The number of rotatable bonds is 6. The van der Waals surface area contributed by atoms with Gasteiger partial charge in [0.15, 0.2) is 17.5 Å². The molecule has 0 fully saturated rings. The lowest BCUT2D eigenvalue weighted by Gasteiger charge is -2.14. The molecule has 5 heteroatoms. The van der Waals surface area contributed by atoms with Crippen LogP contribution in [-0.4, -0.2) is 19.5 Å². The van der Waals surface area contributed by atoms with Crippen LogP contribution in [0.1, 0.15) is 0 Å². The first kappa shape index (κ1) is 31.9. The summed E-state index contributed by atoms with van der Waals surface area (Å²) in [6.45, 7) is 0. The topological polar surface area (TPSA) is 56.7 Å². The fourth-order valence-electron chi connectivity index (χ4n) is 8.03. The van der Waals surface area contributed by atoms with Crippen molar-refractivity contribution in [2.24, 2.45) is 0 Å². The predicted molar refractivity (Wildman–Crippen MR) is 229 cm³/mol. The Morgan fingerprint density at radius 3 is 1.57 bits per heavy atom. The number of para-hydroxylation sites is 3. The van der Waals surface area contributed by atoms with Gasteiger partial charge in [-0.1, -0.05) is 140 Å². The van der Waals surface area contributed by atoms with Gasteiger partial charge in [0.2, 0.25) is 0 Å². The smallest absolute Gasteiger partial charge is 0.166 e. The fourth-order valence-corrected chi connectivity index (χ4v) is 8.03. The Morgan fingerprint density at radius 1 is 0.339 bits per heavy atom. The Hall–Kier alpha value is -7.63. The quantitative estimate of drug-likeness (QED) is 0.172. The molecule has 0 aliphatic carbocycles. The zero-order valence-corrected chi connectivity index (χ0v) is 30.2. The minimum absolute atomic E-state index is 0.588. The maximum absolute atomic E-state index is 6.68. The first-order valence-corrected chi connectivity index (χ1v) is 18.8. The SMILES string of the molecule is c1ccc(-c2cc(-c3ccccc3)c3oc4ccc(-c5nc(-c6ccccc6)nc(-c6ccccc6-n6c7ccccc7c7ccccc76)n5)cc4c3c2)cc1. The van der Waals surface area contributed by atoms with E-state index in [4.69, 9.17) is 19.4 Å². The highest BCUT2D eigenvalue weighted by molar-refractivity contribution is 6.12. The fraction of sp³-hybridized carbons (Fsp3) is 0. The monoisotopic (exact) mass is 716 g/mol. The molecular weight excluding hydrogens is 685 g/mol. The molecule has 0 N–H and O–H groups in total. The highest BCUT2D eigenvalue weighted by atomic mass is 16.3. The van der Waals surface area contributed by atoms with Crippen LogP contribution in [0, 0.1) is 0 Å². The molecule has 0 aliphatic rings. The lowest BCUT2D eigenvalue weighted by Crippen LogP contribution is -2.03. The molecule has 0 saturated carbocycles. The second-order valence-corrected chi connectivity index (χ2v) is 14.0. The summed E-state index contributed by atoms with van der Waals surface area (Å²) in [6.07, 6.45) is 0. The van der Waals surface area contributed by atoms with Crippen molar-refractivity contribution < 1.29 is 4.42 Å². The Morgan fingerprint density at radius 2 is 0.875 bits per heavy atom. The highest BCUT2D eigenvalue weighted by Crippen LogP contribution is 2.41. The summed E-state index contributed by atoms with van der Waals surface area (Å²) >= 11 is 0. The third kappa shape index (κ3) is 5.29. The van der Waals surface area contributed by atoms with Crippen molar-refractivity contribution in [2.75, 3.05) is 0 Å². The molecule has 3 heterocycles. The van der Waals surface area contributed by atoms with Crippen LogP contribution >= 0.6 is 0 Å². The van der Waals surface area contributed by atoms with Crippen LogP contribution in [0.5, 0.6) is 0 Å². The summed E-state index contributed by atoms with van der Waals surface area (Å²) in [5.41, 5.74) is 12.0. The molecule has 262 valence electrons. The van der Waals surface area contributed by atoms with Crippen molar-refractivity contribution in [2.45, 2.75) is 0 Å². The van der Waals surface area contributed by atoms with E-state index in [-0.39, 0.29) is 0 Å². The molecule has 0 atom stereocenters. The lowest BCUT2D eigenvalue weighted by molar-refractivity contribution is 0.670. The lowest BCUT2D eigenvalue weighted by atomic mass is 9.95. The minimum Gasteiger partial charge on any atom is -0.455 e. The van der Waals surface area contributed by atoms with E-state index in [0.717, 1.165) is 77.6 Å². The van der Waals surface area contributed by atoms with Crippen LogP contribution in [0.15, 0.2) is 199 Å². The van der Waals surface area contributed by atoms with Crippen molar-refractivity contribution in [3.05, 3.63) is 194 Å². The summed E-state index contributed by atoms with van der Waals surface area (Å²) in [4.78, 5) is 15.6. The first-order chi connectivity index (χ1) is 27.8. The number of nitrogens with zero attached hydrogens (tertiary/aromatic N) is 4. The molecule has 0 unspecified atom stereocenters. The van der Waals surface area contributed by atoms with Gasteiger partial charge in [0, 0.05) is 43.8 Å². The molecule has 0 aliphatic heterocycles. The van der Waals surface area contributed by atoms with Crippen molar-refractivity contribution in [3.63, 3.8) is 0 Å². The van der Waals surface area contributed by atoms with E-state index in [1.54, 1.807) is 0 Å². The van der Waals surface area contributed by atoms with Crippen LogP contribution < -0.4 is 0 Å². The van der Waals surface area contributed by atoms with E-state index in [2.05, 4.69) is 150 Å². The maximum atomic E-state index is 6.68. The number of fused-ring (bicyclic) bond motifs is 6. The molecule has 0 radical (unpaired) electrons. The normalized spacial score (nSPS) is 11.6. The molecule has 0 spiro atoms. The second kappa shape index (κ2) is 13.0. The Labute approximate surface area is 322 Å². The maximum Gasteiger partial charge on any atom is 0.166 e. The standard InChI is InChI=1S/C51H32N4O/c1-4-16-33(17-5-1)37-31-41(34-18-6-2-7-19-34)48-43(32-37)42-30-36(28-29-47(42)56-48)50-52-49(35-20-8-3-9-21-35)53-51(54-50)40-24-12-15-27-46(40)55-44-25-13-10-22-38(44)39-23-11-14-26-45(39)55/h1-32H. The second-order valence-electron chi connectivity index (χ2n) is 14.0. The van der Waals surface area contributed by atoms with Crippen LogP contribution in [0.3, 0.4) is 0 Å². The van der Waals surface area contributed by atoms with E-state index in [1.165, 1.54) is 10.8 Å². The summed E-state index contributed by atoms with van der Waals surface area (Å²) in [5.74, 6) is 1.79. The van der Waals surface area contributed by atoms with E-state index < -0.39 is 0 Å². The van der Waals surface area contributed by atoms with Gasteiger partial charge in [0.25, 0.3) is 0 Å². The van der Waals surface area contributed by atoms with E-state index in [1.807, 2.05) is 48.5 Å². The van der Waals surface area contributed by atoms with Gasteiger partial charge in [-0.15, -0.1) is 0 Å². The summed E-state index contributed by atoms with van der Waals surface area (Å²) < 4.78 is 9.00. The van der Waals surface area contributed by atoms with Gasteiger partial charge >= 0.3 is 0 Å². The van der Waals surface area contributed by atoms with Crippen molar-refractivity contribution in [3.8, 4) is 62.1 Å². The number of furan rings is 1. The first-order valence-electron chi connectivity index (χ1n) is 18.8. The zero-order chi connectivity index (χ0) is 37.0. The summed E-state index contributed by atoms with van der Waals surface area (Å²) in [5, 5.41) is 4.44. The molecule has 11 aromatic rings. The van der Waals surface area contributed by atoms with Gasteiger partial charge in [-0.25, -0.2) is 15.0 Å². The van der Waals surface area contributed by atoms with Gasteiger partial charge in [0.1, 0.15) is 11.2 Å². The molecule has 11 rings (SSSR count). The van der Waals surface area contributed by atoms with E-state index in [0.29, 0.717) is 17.5 Å². The van der Waals surface area contributed by atoms with Gasteiger partial charge < -0.3 is 8.98 Å². The number of benzene rings is 8. The minimum atomic E-state index is 0.588. The predicted octanol–water partition coefficient (Wildman–Crippen LogP) is 13.2. The van der Waals surface area contributed by atoms with Gasteiger partial charge in [-0.05, 0) is 71.3 Å². The molecule has 0 amide bonds. The summed E-state index contributed by atoms with van der Waals surface area (Å²) in [6, 6.07) is 67.3. The highest BCUT2D eigenvalue weighted by Gasteiger charge is 2.21. The average molecular weight is 717 g/mol. The molecule has 5 nitrogen and oxygen atoms in total. The number of aromatic nitrogens is 4. The molecule has 3 aromatic heterocycles. The Bertz CT molecular complexity index is 3190. The molecular formula is C51H32N4O. The van der Waals surface area contributed by atoms with E-state index in [9.17, 15) is 0 Å².